The Morgan fingerprint density at radius 1 is 1.24 bits per heavy atom. The molecule has 1 N–H and O–H groups in total. The summed E-state index contributed by atoms with van der Waals surface area (Å²) in [6.07, 6.45) is -2.41. The van der Waals surface area contributed by atoms with Crippen molar-refractivity contribution in [3.63, 3.8) is 0 Å². The molecule has 0 saturated heterocycles. The molecule has 1 atom stereocenters. The number of hydrogen-bond acceptors (Lipinski definition) is 7. The van der Waals surface area contributed by atoms with Crippen molar-refractivity contribution in [2.75, 3.05) is 12.9 Å². The molecular weight excluding hydrogens is 477 g/mol. The number of aromatic nitrogens is 2. The lowest BCUT2D eigenvalue weighted by molar-refractivity contribution is -0.271. The molecular formula is C22H23F3N2O6S. The highest BCUT2D eigenvalue weighted by Crippen LogP contribution is 2.47. The van der Waals surface area contributed by atoms with Crippen molar-refractivity contribution >= 4 is 21.1 Å². The average Bonchev–Trinajstić information content (AvgIpc) is 3.37. The second-order valence-electron chi connectivity index (χ2n) is 9.23. The van der Waals surface area contributed by atoms with Gasteiger partial charge in [-0.2, -0.15) is 13.2 Å². The molecule has 1 aromatic carbocycles. The minimum atomic E-state index is -5.07. The number of rotatable bonds is 6. The van der Waals surface area contributed by atoms with E-state index in [1.165, 1.54) is 26.0 Å². The molecule has 12 heteroatoms. The zero-order valence-corrected chi connectivity index (χ0v) is 19.5. The number of nitrogens with zero attached hydrogens (tertiary/aromatic N) is 2. The van der Waals surface area contributed by atoms with E-state index in [2.05, 4.69) is 4.98 Å². The molecule has 0 spiro atoms. The first-order valence-corrected chi connectivity index (χ1v) is 12.2. The first-order valence-electron chi connectivity index (χ1n) is 10.3. The number of pyridine rings is 1. The fourth-order valence-corrected chi connectivity index (χ4v) is 5.08. The van der Waals surface area contributed by atoms with Gasteiger partial charge in [-0.3, -0.25) is 4.79 Å². The first kappa shape index (κ1) is 24.3. The van der Waals surface area contributed by atoms with Crippen molar-refractivity contribution in [3.8, 4) is 5.75 Å². The van der Waals surface area contributed by atoms with Gasteiger partial charge in [-0.05, 0) is 29.5 Å². The molecule has 1 aliphatic rings. The van der Waals surface area contributed by atoms with Gasteiger partial charge < -0.3 is 18.8 Å². The summed E-state index contributed by atoms with van der Waals surface area (Å²) < 4.78 is 79.0. The lowest BCUT2D eigenvalue weighted by atomic mass is 9.74. The molecule has 34 heavy (non-hydrogen) atoms. The molecule has 1 aliphatic heterocycles. The third kappa shape index (κ3) is 4.20. The molecule has 0 radical (unpaired) electrons. The molecule has 3 heterocycles. The number of aliphatic hydroxyl groups is 1. The van der Waals surface area contributed by atoms with Crippen LogP contribution in [-0.4, -0.2) is 47.7 Å². The lowest BCUT2D eigenvalue weighted by Crippen LogP contribution is -2.52. The second-order valence-corrected chi connectivity index (χ2v) is 11.2. The monoisotopic (exact) mass is 500 g/mol. The van der Waals surface area contributed by atoms with Gasteiger partial charge in [0, 0.05) is 30.5 Å². The van der Waals surface area contributed by atoms with E-state index in [1.54, 1.807) is 0 Å². The maximum Gasteiger partial charge on any atom is 0.418 e. The third-order valence-corrected chi connectivity index (χ3v) is 7.15. The highest BCUT2D eigenvalue weighted by Gasteiger charge is 2.56. The molecule has 3 aromatic rings. The van der Waals surface area contributed by atoms with Crippen LogP contribution >= 0.6 is 0 Å². The Hall–Kier alpha value is -2.86. The minimum Gasteiger partial charge on any atom is -0.493 e. The molecule has 0 fully saturated rings. The Labute approximate surface area is 192 Å². The summed E-state index contributed by atoms with van der Waals surface area (Å²) in [5.41, 5.74) is -4.66. The molecule has 0 bridgehead atoms. The van der Waals surface area contributed by atoms with Gasteiger partial charge >= 0.3 is 6.18 Å². The molecule has 1 unspecified atom stereocenters. The van der Waals surface area contributed by atoms with E-state index < -0.39 is 45.4 Å². The second kappa shape index (κ2) is 7.84. The predicted molar refractivity (Wildman–Crippen MR) is 116 cm³/mol. The van der Waals surface area contributed by atoms with Gasteiger partial charge in [0.15, 0.2) is 27.3 Å². The van der Waals surface area contributed by atoms with Crippen LogP contribution in [-0.2, 0) is 28.2 Å². The zero-order chi connectivity index (χ0) is 25.1. The van der Waals surface area contributed by atoms with Crippen LogP contribution < -0.4 is 10.2 Å². The number of halogens is 3. The standard InChI is InChI=1S/C22H23F3N2O6S/c1-20(2,15-9-14(34(3,30)31)8-13-5-7-32-18(13)15)10-21(29,22(23,24)25)11-27-6-4-16(28)17-19(27)33-12-26-17/h4,6,8-9,12,29H,5,7,10-11H2,1-3H3. The van der Waals surface area contributed by atoms with E-state index in [9.17, 15) is 31.5 Å². The van der Waals surface area contributed by atoms with Crippen molar-refractivity contribution in [2.24, 2.45) is 0 Å². The van der Waals surface area contributed by atoms with Gasteiger partial charge in [0.05, 0.1) is 18.0 Å². The quantitative estimate of drug-likeness (QED) is 0.554. The largest absolute Gasteiger partial charge is 0.493 e. The molecule has 0 saturated carbocycles. The van der Waals surface area contributed by atoms with Gasteiger partial charge in [-0.15, -0.1) is 0 Å². The summed E-state index contributed by atoms with van der Waals surface area (Å²) >= 11 is 0. The molecule has 0 aliphatic carbocycles. The van der Waals surface area contributed by atoms with Crippen molar-refractivity contribution in [2.45, 2.75) is 55.3 Å². The third-order valence-electron chi connectivity index (χ3n) is 6.06. The van der Waals surface area contributed by atoms with Crippen LogP contribution in [0, 0.1) is 0 Å². The number of hydrogen-bond donors (Lipinski definition) is 1. The maximum atomic E-state index is 14.3. The fourth-order valence-electron chi connectivity index (χ4n) is 4.39. The van der Waals surface area contributed by atoms with E-state index in [4.69, 9.17) is 9.15 Å². The summed E-state index contributed by atoms with van der Waals surface area (Å²) in [6, 6.07) is 3.82. The van der Waals surface area contributed by atoms with Gasteiger partial charge in [-0.1, -0.05) is 13.8 Å². The maximum absolute atomic E-state index is 14.3. The molecule has 0 amide bonds. The number of benzene rings is 1. The van der Waals surface area contributed by atoms with Crippen LogP contribution in [0.5, 0.6) is 5.75 Å². The zero-order valence-electron chi connectivity index (χ0n) is 18.6. The minimum absolute atomic E-state index is 0.0286. The van der Waals surface area contributed by atoms with Gasteiger partial charge in [-0.25, -0.2) is 13.4 Å². The highest BCUT2D eigenvalue weighted by molar-refractivity contribution is 7.90. The van der Waals surface area contributed by atoms with Crippen molar-refractivity contribution < 1.29 is 35.8 Å². The predicted octanol–water partition coefficient (Wildman–Crippen LogP) is 2.99. The normalized spacial score (nSPS) is 16.3. The van der Waals surface area contributed by atoms with E-state index in [0.717, 1.165) is 29.5 Å². The van der Waals surface area contributed by atoms with Crippen molar-refractivity contribution in [1.82, 2.24) is 9.55 Å². The Morgan fingerprint density at radius 3 is 2.59 bits per heavy atom. The first-order chi connectivity index (χ1) is 15.6. The Morgan fingerprint density at radius 2 is 1.94 bits per heavy atom. The van der Waals surface area contributed by atoms with Crippen molar-refractivity contribution in [1.29, 1.82) is 0 Å². The summed E-state index contributed by atoms with van der Waals surface area (Å²) in [5.74, 6) is 0.336. The number of ether oxygens (including phenoxy) is 1. The summed E-state index contributed by atoms with van der Waals surface area (Å²) in [5, 5.41) is 11.0. The van der Waals surface area contributed by atoms with Crippen LogP contribution in [0.3, 0.4) is 0 Å². The highest BCUT2D eigenvalue weighted by atomic mass is 32.2. The molecule has 8 nitrogen and oxygen atoms in total. The smallest absolute Gasteiger partial charge is 0.418 e. The van der Waals surface area contributed by atoms with Crippen LogP contribution in [0.15, 0.2) is 44.9 Å². The molecule has 4 rings (SSSR count). The number of alkyl halides is 3. The molecule has 2 aromatic heterocycles. The van der Waals surface area contributed by atoms with Gasteiger partial charge in [0.1, 0.15) is 5.75 Å². The van der Waals surface area contributed by atoms with Crippen molar-refractivity contribution in [3.05, 3.63) is 52.1 Å². The lowest BCUT2D eigenvalue weighted by Gasteiger charge is -2.38. The molecule has 184 valence electrons. The summed E-state index contributed by atoms with van der Waals surface area (Å²) in [7, 11) is -3.64. The van der Waals surface area contributed by atoms with Gasteiger partial charge in [0.25, 0.3) is 0 Å². The fraction of sp³-hybridized carbons (Fsp3) is 0.455. The van der Waals surface area contributed by atoms with E-state index in [1.807, 2.05) is 0 Å². The van der Waals surface area contributed by atoms with Gasteiger partial charge in [0.2, 0.25) is 11.1 Å². The van der Waals surface area contributed by atoms with Crippen LogP contribution in [0.2, 0.25) is 0 Å². The summed E-state index contributed by atoms with van der Waals surface area (Å²) in [4.78, 5) is 15.6. The number of oxazole rings is 1. The number of fused-ring (bicyclic) bond motifs is 2. The average molecular weight is 500 g/mol. The van der Waals surface area contributed by atoms with Crippen LogP contribution in [0.1, 0.15) is 31.4 Å². The van der Waals surface area contributed by atoms with E-state index in [-0.39, 0.29) is 28.3 Å². The SMILES string of the molecule is CC(C)(CC(O)(Cn1ccc(=O)c2ncoc21)C(F)(F)F)c1cc(S(C)(=O)=O)cc2c1OCC2. The van der Waals surface area contributed by atoms with Crippen LogP contribution in [0.25, 0.3) is 11.2 Å². The summed E-state index contributed by atoms with van der Waals surface area (Å²) in [6.45, 7) is 2.28. The van der Waals surface area contributed by atoms with Crippen LogP contribution in [0.4, 0.5) is 13.2 Å². The Bertz CT molecular complexity index is 1420. The van der Waals surface area contributed by atoms with E-state index in [0.29, 0.717) is 17.7 Å². The Balaban J connectivity index is 1.80. The van der Waals surface area contributed by atoms with E-state index >= 15 is 0 Å². The number of sulfone groups is 1. The Kier molecular flexibility index (Phi) is 5.60. The topological polar surface area (TPSA) is 112 Å².